The zero-order valence-corrected chi connectivity index (χ0v) is 12.1. The van der Waals surface area contributed by atoms with Crippen LogP contribution in [0.15, 0.2) is 47.9 Å². The molecular weight excluding hydrogens is 208 g/mol. The van der Waals surface area contributed by atoms with E-state index in [2.05, 4.69) is 49.4 Å². The molecule has 0 spiro atoms. The molecule has 0 fully saturated rings. The van der Waals surface area contributed by atoms with E-state index in [1.54, 1.807) is 0 Å². The molecule has 0 radical (unpaired) electrons. The SMILES string of the molecule is C=C(C)/C(=C\C(=CC)N(C)C)C(=C)NC(C)C. The first-order chi connectivity index (χ1) is 7.79. The second-order valence-corrected chi connectivity index (χ2v) is 4.72. The Hall–Kier alpha value is -1.44. The summed E-state index contributed by atoms with van der Waals surface area (Å²) in [5, 5.41) is 3.32. The number of rotatable bonds is 6. The lowest BCUT2D eigenvalue weighted by Crippen LogP contribution is -2.23. The fourth-order valence-corrected chi connectivity index (χ4v) is 1.51. The van der Waals surface area contributed by atoms with Gasteiger partial charge in [0.05, 0.1) is 0 Å². The molecule has 0 aliphatic carbocycles. The van der Waals surface area contributed by atoms with Gasteiger partial charge in [0.2, 0.25) is 0 Å². The van der Waals surface area contributed by atoms with Gasteiger partial charge in [-0.15, -0.1) is 0 Å². The zero-order valence-electron chi connectivity index (χ0n) is 12.1. The van der Waals surface area contributed by atoms with Gasteiger partial charge in [0.1, 0.15) is 0 Å². The van der Waals surface area contributed by atoms with Crippen molar-refractivity contribution in [3.63, 3.8) is 0 Å². The average molecular weight is 234 g/mol. The van der Waals surface area contributed by atoms with E-state index in [-0.39, 0.29) is 0 Å². The highest BCUT2D eigenvalue weighted by Crippen LogP contribution is 2.18. The van der Waals surface area contributed by atoms with Crippen LogP contribution in [0.1, 0.15) is 27.7 Å². The summed E-state index contributed by atoms with van der Waals surface area (Å²) in [6.07, 6.45) is 4.19. The molecule has 0 unspecified atom stereocenters. The van der Waals surface area contributed by atoms with E-state index in [1.165, 1.54) is 0 Å². The van der Waals surface area contributed by atoms with Crippen LogP contribution in [0.4, 0.5) is 0 Å². The van der Waals surface area contributed by atoms with Crippen LogP contribution < -0.4 is 5.32 Å². The van der Waals surface area contributed by atoms with Gasteiger partial charge in [0.25, 0.3) is 0 Å². The molecule has 0 amide bonds. The van der Waals surface area contributed by atoms with Gasteiger partial charge in [-0.2, -0.15) is 0 Å². The molecule has 0 aromatic rings. The second kappa shape index (κ2) is 7.00. The first kappa shape index (κ1) is 15.6. The minimum atomic E-state index is 0.374. The van der Waals surface area contributed by atoms with Crippen molar-refractivity contribution in [3.8, 4) is 0 Å². The molecule has 0 aromatic heterocycles. The Labute approximate surface area is 106 Å². The number of allylic oxidation sites excluding steroid dienone is 3. The maximum Gasteiger partial charge on any atom is 0.0345 e. The normalized spacial score (nSPS) is 12.6. The molecule has 0 saturated carbocycles. The second-order valence-electron chi connectivity index (χ2n) is 4.72. The molecule has 0 aromatic carbocycles. The summed E-state index contributed by atoms with van der Waals surface area (Å²) in [6.45, 7) is 16.3. The van der Waals surface area contributed by atoms with Gasteiger partial charge in [-0.3, -0.25) is 0 Å². The average Bonchev–Trinajstić information content (AvgIpc) is 2.16. The van der Waals surface area contributed by atoms with E-state index < -0.39 is 0 Å². The molecule has 0 heterocycles. The molecule has 0 rings (SSSR count). The molecule has 0 saturated heterocycles. The van der Waals surface area contributed by atoms with Crippen LogP contribution in [0.5, 0.6) is 0 Å². The van der Waals surface area contributed by atoms with Crippen molar-refractivity contribution in [1.82, 2.24) is 10.2 Å². The van der Waals surface area contributed by atoms with Crippen molar-refractivity contribution in [3.05, 3.63) is 47.9 Å². The zero-order chi connectivity index (χ0) is 13.6. The largest absolute Gasteiger partial charge is 0.383 e. The van der Waals surface area contributed by atoms with E-state index in [9.17, 15) is 0 Å². The summed E-state index contributed by atoms with van der Waals surface area (Å²) < 4.78 is 0. The highest BCUT2D eigenvalue weighted by Gasteiger charge is 2.06. The van der Waals surface area contributed by atoms with Gasteiger partial charge in [-0.05, 0) is 39.3 Å². The van der Waals surface area contributed by atoms with Gasteiger partial charge in [-0.1, -0.05) is 19.2 Å². The quantitative estimate of drug-likeness (QED) is 0.708. The Kier molecular flexibility index (Phi) is 6.40. The van der Waals surface area contributed by atoms with E-state index in [0.29, 0.717) is 6.04 Å². The van der Waals surface area contributed by atoms with Gasteiger partial charge in [0.15, 0.2) is 0 Å². The number of nitrogens with zero attached hydrogens (tertiary/aromatic N) is 1. The van der Waals surface area contributed by atoms with Crippen molar-refractivity contribution < 1.29 is 0 Å². The van der Waals surface area contributed by atoms with E-state index in [1.807, 2.05) is 27.9 Å². The highest BCUT2D eigenvalue weighted by molar-refractivity contribution is 5.46. The first-order valence-electron chi connectivity index (χ1n) is 5.96. The Morgan fingerprint density at radius 1 is 1.24 bits per heavy atom. The van der Waals surface area contributed by atoms with Crippen molar-refractivity contribution in [2.45, 2.75) is 33.7 Å². The lowest BCUT2D eigenvalue weighted by molar-refractivity contribution is 0.528. The molecule has 1 N–H and O–H groups in total. The molecule has 0 atom stereocenters. The van der Waals surface area contributed by atoms with Crippen molar-refractivity contribution in [2.75, 3.05) is 14.1 Å². The van der Waals surface area contributed by atoms with E-state index in [0.717, 1.165) is 22.5 Å². The van der Waals surface area contributed by atoms with Crippen LogP contribution in [0.2, 0.25) is 0 Å². The Morgan fingerprint density at radius 3 is 2.06 bits per heavy atom. The third kappa shape index (κ3) is 5.43. The molecular formula is C15H26N2. The Bertz CT molecular complexity index is 344. The molecule has 0 aliphatic rings. The standard InChI is InChI=1S/C15H26N2/c1-9-14(17(7)8)10-15(11(2)3)13(6)16-12(4)5/h9-10,12,16H,2,6H2,1,3-5,7-8H3/b14-9?,15-10+. The molecule has 2 nitrogen and oxygen atoms in total. The van der Waals surface area contributed by atoms with Gasteiger partial charge >= 0.3 is 0 Å². The third-order valence-corrected chi connectivity index (χ3v) is 2.35. The minimum absolute atomic E-state index is 0.374. The maximum absolute atomic E-state index is 4.08. The Balaban J connectivity index is 5.17. The summed E-state index contributed by atoms with van der Waals surface area (Å²) in [6, 6.07) is 0.374. The Morgan fingerprint density at radius 2 is 1.76 bits per heavy atom. The number of likely N-dealkylation sites (N-methyl/N-ethyl adjacent to an activating group) is 1. The fourth-order valence-electron chi connectivity index (χ4n) is 1.51. The summed E-state index contributed by atoms with van der Waals surface area (Å²) in [5.41, 5.74) is 4.16. The first-order valence-corrected chi connectivity index (χ1v) is 5.96. The molecule has 17 heavy (non-hydrogen) atoms. The van der Waals surface area contributed by atoms with Crippen molar-refractivity contribution >= 4 is 0 Å². The monoisotopic (exact) mass is 234 g/mol. The lowest BCUT2D eigenvalue weighted by Gasteiger charge is -2.19. The van der Waals surface area contributed by atoms with Crippen molar-refractivity contribution in [2.24, 2.45) is 0 Å². The smallest absolute Gasteiger partial charge is 0.0345 e. The number of hydrogen-bond acceptors (Lipinski definition) is 2. The summed E-state index contributed by atoms with van der Waals surface area (Å²) in [4.78, 5) is 2.07. The highest BCUT2D eigenvalue weighted by atomic mass is 15.1. The maximum atomic E-state index is 4.08. The van der Waals surface area contributed by atoms with Crippen LogP contribution in [0.3, 0.4) is 0 Å². The van der Waals surface area contributed by atoms with E-state index in [4.69, 9.17) is 0 Å². The number of hydrogen-bond donors (Lipinski definition) is 1. The van der Waals surface area contributed by atoms with Crippen LogP contribution in [-0.4, -0.2) is 25.0 Å². The molecule has 2 heteroatoms. The summed E-state index contributed by atoms with van der Waals surface area (Å²) in [5.74, 6) is 0. The molecule has 0 aliphatic heterocycles. The summed E-state index contributed by atoms with van der Waals surface area (Å²) in [7, 11) is 4.06. The van der Waals surface area contributed by atoms with Crippen LogP contribution >= 0.6 is 0 Å². The predicted molar refractivity (Wildman–Crippen MR) is 77.8 cm³/mol. The third-order valence-electron chi connectivity index (χ3n) is 2.35. The van der Waals surface area contributed by atoms with Gasteiger partial charge < -0.3 is 10.2 Å². The topological polar surface area (TPSA) is 15.3 Å². The molecule has 0 bridgehead atoms. The van der Waals surface area contributed by atoms with Crippen molar-refractivity contribution in [1.29, 1.82) is 0 Å². The predicted octanol–water partition coefficient (Wildman–Crippen LogP) is 3.47. The molecule has 96 valence electrons. The van der Waals surface area contributed by atoms with Crippen LogP contribution in [0, 0.1) is 0 Å². The summed E-state index contributed by atoms with van der Waals surface area (Å²) >= 11 is 0. The fraction of sp³-hybridized carbons (Fsp3) is 0.467. The van der Waals surface area contributed by atoms with Crippen LogP contribution in [-0.2, 0) is 0 Å². The minimum Gasteiger partial charge on any atom is -0.383 e. The van der Waals surface area contributed by atoms with E-state index >= 15 is 0 Å². The van der Waals surface area contributed by atoms with Gasteiger partial charge in [-0.25, -0.2) is 0 Å². The number of nitrogens with one attached hydrogen (secondary N) is 1. The van der Waals surface area contributed by atoms with Crippen LogP contribution in [0.25, 0.3) is 0 Å². The van der Waals surface area contributed by atoms with Gasteiger partial charge in [0, 0.05) is 37.1 Å². The lowest BCUT2D eigenvalue weighted by atomic mass is 10.0.